The smallest absolute Gasteiger partial charge is 0.427 e. The number of aromatic nitrogens is 2. The molecule has 0 unspecified atom stereocenters. The van der Waals surface area contributed by atoms with Crippen LogP contribution in [0.25, 0.3) is 0 Å². The molecule has 2 atom stereocenters. The minimum Gasteiger partial charge on any atom is -0.482 e. The van der Waals surface area contributed by atoms with Crippen molar-refractivity contribution in [3.63, 3.8) is 0 Å². The lowest BCUT2D eigenvalue weighted by molar-refractivity contribution is -0.242. The first-order valence-electron chi connectivity index (χ1n) is 12.4. The average Bonchev–Trinajstić information content (AvgIpc) is 3.27. The number of fused-ring (bicyclic) bond motifs is 1. The van der Waals surface area contributed by atoms with E-state index in [-0.39, 0.29) is 45.9 Å². The van der Waals surface area contributed by atoms with Gasteiger partial charge < -0.3 is 14.2 Å². The first kappa shape index (κ1) is 32.1. The summed E-state index contributed by atoms with van der Waals surface area (Å²) < 4.78 is 85.1. The number of hydrogen-bond donors (Lipinski definition) is 1. The summed E-state index contributed by atoms with van der Waals surface area (Å²) in [6.07, 6.45) is -6.01. The molecule has 11 nitrogen and oxygen atoms in total. The van der Waals surface area contributed by atoms with Gasteiger partial charge in [-0.1, -0.05) is 18.2 Å². The zero-order chi connectivity index (χ0) is 30.9. The van der Waals surface area contributed by atoms with Crippen molar-refractivity contribution in [3.8, 4) is 5.75 Å². The van der Waals surface area contributed by atoms with Gasteiger partial charge in [0.15, 0.2) is 5.15 Å². The second kappa shape index (κ2) is 11.8. The molecule has 1 aromatic heterocycles. The van der Waals surface area contributed by atoms with Crippen molar-refractivity contribution in [3.05, 3.63) is 41.7 Å². The number of carbonyl (C=O) groups excluding carboxylic acids is 2. The van der Waals surface area contributed by atoms with Gasteiger partial charge in [-0.05, 0) is 58.4 Å². The molecule has 0 saturated carbocycles. The number of anilines is 2. The Kier molecular flexibility index (Phi) is 9.23. The van der Waals surface area contributed by atoms with Crippen LogP contribution in [0, 0.1) is 5.92 Å². The van der Waals surface area contributed by atoms with Crippen LogP contribution in [0.3, 0.4) is 0 Å². The quantitative estimate of drug-likeness (QED) is 0.300. The van der Waals surface area contributed by atoms with Gasteiger partial charge >= 0.3 is 18.2 Å². The molecule has 41 heavy (non-hydrogen) atoms. The summed E-state index contributed by atoms with van der Waals surface area (Å²) in [6.45, 7) is 10.3. The van der Waals surface area contributed by atoms with Crippen LogP contribution in [0.1, 0.15) is 34.6 Å². The highest BCUT2D eigenvalue weighted by atomic mass is 35.5. The van der Waals surface area contributed by atoms with Gasteiger partial charge in [0.1, 0.15) is 16.7 Å². The lowest BCUT2D eigenvalue weighted by atomic mass is 9.96. The molecule has 0 bridgehead atoms. The number of amides is 1. The third kappa shape index (κ3) is 6.72. The molecule has 0 spiro atoms. The molecule has 1 aliphatic rings. The van der Waals surface area contributed by atoms with E-state index in [0.717, 1.165) is 4.31 Å². The molecule has 226 valence electrons. The largest absolute Gasteiger partial charge is 0.482 e. The molecule has 16 heteroatoms. The Hall–Kier alpha value is -3.46. The summed E-state index contributed by atoms with van der Waals surface area (Å²) in [7, 11) is -4.42. The van der Waals surface area contributed by atoms with Gasteiger partial charge in [0.2, 0.25) is 5.60 Å². The van der Waals surface area contributed by atoms with Crippen LogP contribution in [-0.2, 0) is 30.8 Å². The van der Waals surface area contributed by atoms with Crippen LogP contribution in [0.4, 0.5) is 29.3 Å². The lowest BCUT2D eigenvalue weighted by Gasteiger charge is -2.37. The standard InChI is InChI=1S/C25H30ClF3N4O7S/c1-7-32-13-20(21(26)31-32)41(36,37)33-12-19(14(3)15(4)22(34)38-8-2)39-18-10-9-16(11-17(18)33)30-23(35)40-24(5,6)25(27,28)29/h9-11,13,15,19H,3,7-8,12H2,1-2,4-6H3,(H,30,35)/t15-,19-/m1/s1. The molecule has 1 N–H and O–H groups in total. The van der Waals surface area contributed by atoms with E-state index in [0.29, 0.717) is 20.4 Å². The van der Waals surface area contributed by atoms with E-state index < -0.39 is 45.9 Å². The molecule has 0 aliphatic carbocycles. The summed E-state index contributed by atoms with van der Waals surface area (Å²) >= 11 is 6.17. The normalized spacial score (nSPS) is 16.3. The Labute approximate surface area is 240 Å². The predicted molar refractivity (Wildman–Crippen MR) is 143 cm³/mol. The zero-order valence-corrected chi connectivity index (χ0v) is 24.5. The van der Waals surface area contributed by atoms with Crippen molar-refractivity contribution < 1.29 is 45.4 Å². The Morgan fingerprint density at radius 3 is 2.51 bits per heavy atom. The topological polar surface area (TPSA) is 129 Å². The monoisotopic (exact) mass is 622 g/mol. The van der Waals surface area contributed by atoms with E-state index >= 15 is 0 Å². The maximum Gasteiger partial charge on any atom is 0.427 e. The van der Waals surface area contributed by atoms with Crippen molar-refractivity contribution in [1.29, 1.82) is 0 Å². The van der Waals surface area contributed by atoms with Gasteiger partial charge in [-0.15, -0.1) is 0 Å². The Bertz CT molecular complexity index is 1440. The lowest BCUT2D eigenvalue weighted by Crippen LogP contribution is -2.45. The fourth-order valence-corrected chi connectivity index (χ4v) is 5.63. The zero-order valence-electron chi connectivity index (χ0n) is 22.9. The third-order valence-electron chi connectivity index (χ3n) is 6.29. The Morgan fingerprint density at radius 1 is 1.29 bits per heavy atom. The minimum absolute atomic E-state index is 0.0237. The number of hydrogen-bond acceptors (Lipinski definition) is 8. The van der Waals surface area contributed by atoms with E-state index in [4.69, 9.17) is 21.1 Å². The van der Waals surface area contributed by atoms with E-state index in [2.05, 4.69) is 21.7 Å². The number of benzene rings is 1. The van der Waals surface area contributed by atoms with Crippen molar-refractivity contribution in [2.45, 2.75) is 63.9 Å². The molecule has 3 rings (SSSR count). The van der Waals surface area contributed by atoms with Crippen molar-refractivity contribution in [1.82, 2.24) is 9.78 Å². The number of nitrogens with zero attached hydrogens (tertiary/aromatic N) is 3. The summed E-state index contributed by atoms with van der Waals surface area (Å²) in [5.74, 6) is -1.39. The van der Waals surface area contributed by atoms with Crippen molar-refractivity contribution in [2.75, 3.05) is 22.8 Å². The van der Waals surface area contributed by atoms with E-state index in [1.165, 1.54) is 29.1 Å². The fraction of sp³-hybridized carbons (Fsp3) is 0.480. The van der Waals surface area contributed by atoms with Crippen LogP contribution in [-0.4, -0.2) is 61.3 Å². The van der Waals surface area contributed by atoms with Crippen LogP contribution in [0.15, 0.2) is 41.4 Å². The van der Waals surface area contributed by atoms with Gasteiger partial charge in [-0.25, -0.2) is 13.2 Å². The Balaban J connectivity index is 2.03. The van der Waals surface area contributed by atoms with Crippen molar-refractivity contribution in [2.24, 2.45) is 5.92 Å². The number of rotatable bonds is 9. The number of nitrogens with one attached hydrogen (secondary N) is 1. The second-order valence-electron chi connectivity index (χ2n) is 9.54. The van der Waals surface area contributed by atoms with Crippen LogP contribution in [0.2, 0.25) is 5.15 Å². The summed E-state index contributed by atoms with van der Waals surface area (Å²) in [5, 5.41) is 5.87. The van der Waals surface area contributed by atoms with Crippen LogP contribution in [0.5, 0.6) is 5.75 Å². The minimum atomic E-state index is -4.83. The summed E-state index contributed by atoms with van der Waals surface area (Å²) in [5.41, 5.74) is -2.69. The molecule has 0 radical (unpaired) electrons. The van der Waals surface area contributed by atoms with Crippen molar-refractivity contribution >= 4 is 45.1 Å². The maximum atomic E-state index is 13.9. The number of alkyl halides is 3. The van der Waals surface area contributed by atoms with Crippen LogP contribution < -0.4 is 14.4 Å². The first-order valence-corrected chi connectivity index (χ1v) is 14.2. The number of halogens is 4. The van der Waals surface area contributed by atoms with Gasteiger partial charge in [-0.2, -0.15) is 18.3 Å². The number of aryl methyl sites for hydroxylation is 1. The fourth-order valence-electron chi connectivity index (χ4n) is 3.71. The van der Waals surface area contributed by atoms with Gasteiger partial charge in [0, 0.05) is 18.4 Å². The molecule has 2 aromatic rings. The number of sulfonamides is 1. The van der Waals surface area contributed by atoms with Gasteiger partial charge in [-0.3, -0.25) is 19.1 Å². The summed E-state index contributed by atoms with van der Waals surface area (Å²) in [6, 6.07) is 3.79. The highest BCUT2D eigenvalue weighted by Gasteiger charge is 2.51. The van der Waals surface area contributed by atoms with E-state index in [1.54, 1.807) is 20.8 Å². The number of carbonyl (C=O) groups is 2. The SMILES string of the molecule is C=C([C@@H](C)C(=O)OCC)[C@H]1CN(S(=O)(=O)c2cn(CC)nc2Cl)c2cc(NC(=O)OC(C)(C)C(F)(F)F)ccc2O1. The predicted octanol–water partition coefficient (Wildman–Crippen LogP) is 5.16. The molecule has 0 saturated heterocycles. The third-order valence-corrected chi connectivity index (χ3v) is 8.47. The highest BCUT2D eigenvalue weighted by molar-refractivity contribution is 7.93. The molecular formula is C25H30ClF3N4O7S. The molecule has 2 heterocycles. The molecule has 0 fully saturated rings. The molecular weight excluding hydrogens is 593 g/mol. The summed E-state index contributed by atoms with van der Waals surface area (Å²) in [4.78, 5) is 24.3. The van der Waals surface area contributed by atoms with Gasteiger partial charge in [0.05, 0.1) is 24.8 Å². The molecule has 1 aromatic carbocycles. The highest BCUT2D eigenvalue weighted by Crippen LogP contribution is 2.42. The average molecular weight is 623 g/mol. The van der Waals surface area contributed by atoms with Crippen LogP contribution >= 0.6 is 11.6 Å². The second-order valence-corrected chi connectivity index (χ2v) is 11.7. The van der Waals surface area contributed by atoms with E-state index in [9.17, 15) is 31.2 Å². The molecule has 1 aliphatic heterocycles. The maximum absolute atomic E-state index is 13.9. The number of ether oxygens (including phenoxy) is 3. The Morgan fingerprint density at radius 2 is 1.95 bits per heavy atom. The molecule has 1 amide bonds. The first-order chi connectivity index (χ1) is 18.9. The van der Waals surface area contributed by atoms with Gasteiger partial charge in [0.25, 0.3) is 10.0 Å². The number of esters is 1. The van der Waals surface area contributed by atoms with E-state index in [1.807, 2.05) is 0 Å².